The molecule has 0 aliphatic carbocycles. The lowest BCUT2D eigenvalue weighted by Gasteiger charge is -2.45. The van der Waals surface area contributed by atoms with Gasteiger partial charge >= 0.3 is 11.9 Å². The molecule has 1 N–H and O–H groups in total. The Balaban J connectivity index is 2.04. The molecule has 1 aliphatic heterocycles. The molecule has 1 aromatic rings. The molecule has 0 radical (unpaired) electrons. The molecule has 14 nitrogen and oxygen atoms in total. The van der Waals surface area contributed by atoms with Crippen LogP contribution in [0.25, 0.3) is 10.4 Å². The van der Waals surface area contributed by atoms with Crippen molar-refractivity contribution < 1.29 is 33.3 Å². The first kappa shape index (κ1) is 30.6. The van der Waals surface area contributed by atoms with Crippen LogP contribution in [0.1, 0.15) is 58.6 Å². The molecule has 2 rings (SSSR count). The Morgan fingerprint density at radius 3 is 2.58 bits per heavy atom. The largest absolute Gasteiger partial charge is 0.456 e. The molecule has 1 saturated heterocycles. The number of hydrogen-bond donors (Lipinski definition) is 1. The van der Waals surface area contributed by atoms with Crippen LogP contribution in [-0.2, 0) is 46.3 Å². The first-order chi connectivity index (χ1) is 18.2. The third-order valence-electron chi connectivity index (χ3n) is 5.60. The minimum absolute atomic E-state index is 0.196. The number of aryl methyl sites for hydroxylation is 2. The van der Waals surface area contributed by atoms with Gasteiger partial charge in [0.2, 0.25) is 5.91 Å². The van der Waals surface area contributed by atoms with E-state index < -0.39 is 48.5 Å². The second-order valence-corrected chi connectivity index (χ2v) is 8.79. The fourth-order valence-electron chi connectivity index (χ4n) is 4.06. The summed E-state index contributed by atoms with van der Waals surface area (Å²) in [7, 11) is 0. The lowest BCUT2D eigenvalue weighted by molar-refractivity contribution is -0.269. The van der Waals surface area contributed by atoms with Crippen LogP contribution in [0.4, 0.5) is 0 Å². The van der Waals surface area contributed by atoms with E-state index in [-0.39, 0.29) is 13.2 Å². The summed E-state index contributed by atoms with van der Waals surface area (Å²) >= 11 is 0. The van der Waals surface area contributed by atoms with Gasteiger partial charge in [-0.2, -0.15) is 0 Å². The van der Waals surface area contributed by atoms with E-state index in [4.69, 9.17) is 30.9 Å². The molecule has 1 aliphatic rings. The number of azide groups is 1. The molecular formula is C24H35N7O7. The second-order valence-electron chi connectivity index (χ2n) is 8.79. The molecule has 2 heterocycles. The average Bonchev–Trinajstić information content (AvgIpc) is 3.30. The van der Waals surface area contributed by atoms with Gasteiger partial charge in [0.05, 0.1) is 18.8 Å². The number of rotatable bonds is 15. The first-order valence-electron chi connectivity index (χ1n) is 12.5. The van der Waals surface area contributed by atoms with Crippen molar-refractivity contribution in [2.24, 2.45) is 5.11 Å². The molecule has 1 aromatic heterocycles. The molecule has 0 spiro atoms. The molecule has 1 amide bonds. The summed E-state index contributed by atoms with van der Waals surface area (Å²) in [6, 6.07) is -0.990. The third kappa shape index (κ3) is 10.4. The molecular weight excluding hydrogens is 498 g/mol. The van der Waals surface area contributed by atoms with E-state index in [0.717, 1.165) is 37.8 Å². The Hall–Kier alpha value is -3.66. The molecule has 14 heteroatoms. The number of esters is 2. The number of amides is 1. The van der Waals surface area contributed by atoms with Crippen molar-refractivity contribution >= 4 is 17.8 Å². The molecule has 0 saturated carbocycles. The fourth-order valence-corrected chi connectivity index (χ4v) is 4.06. The van der Waals surface area contributed by atoms with E-state index in [0.29, 0.717) is 13.0 Å². The van der Waals surface area contributed by atoms with Crippen LogP contribution < -0.4 is 5.32 Å². The van der Waals surface area contributed by atoms with Crippen molar-refractivity contribution in [3.8, 4) is 12.3 Å². The highest BCUT2D eigenvalue weighted by Gasteiger charge is 2.50. The Kier molecular flexibility index (Phi) is 13.1. The molecule has 38 heavy (non-hydrogen) atoms. The molecule has 0 unspecified atom stereocenters. The summed E-state index contributed by atoms with van der Waals surface area (Å²) in [5.74, 6) is 0.868. The van der Waals surface area contributed by atoms with E-state index in [2.05, 4.69) is 31.6 Å². The van der Waals surface area contributed by atoms with Crippen LogP contribution in [-0.4, -0.2) is 76.6 Å². The zero-order valence-electron chi connectivity index (χ0n) is 21.9. The van der Waals surface area contributed by atoms with Crippen LogP contribution in [0.2, 0.25) is 0 Å². The van der Waals surface area contributed by atoms with Crippen LogP contribution in [0.5, 0.6) is 0 Å². The van der Waals surface area contributed by atoms with E-state index >= 15 is 0 Å². The SMILES string of the molecule is C#CCCCCCc1cn(CCCO[C@H]2O[C@H](CN=[N+]=[N-])[C@@H](OC(C)=O)[C@H](OC(C)=O)[C@H]2NC(C)=O)nn1. The number of unbranched alkanes of at least 4 members (excludes halogenated alkanes) is 3. The molecule has 5 atom stereocenters. The van der Waals surface area contributed by atoms with Crippen molar-refractivity contribution in [2.75, 3.05) is 13.2 Å². The lowest BCUT2D eigenvalue weighted by Crippen LogP contribution is -2.66. The van der Waals surface area contributed by atoms with Gasteiger partial charge < -0.3 is 24.3 Å². The number of terminal acetylenes is 1. The monoisotopic (exact) mass is 533 g/mol. The molecule has 0 aromatic carbocycles. The summed E-state index contributed by atoms with van der Waals surface area (Å²) in [5.41, 5.74) is 9.68. The molecule has 0 bridgehead atoms. The quantitative estimate of drug-likeness (QED) is 0.0878. The van der Waals surface area contributed by atoms with Crippen LogP contribution in [0.15, 0.2) is 11.3 Å². The van der Waals surface area contributed by atoms with Gasteiger partial charge in [-0.15, -0.1) is 17.4 Å². The zero-order chi connectivity index (χ0) is 27.9. The van der Waals surface area contributed by atoms with Crippen molar-refractivity contribution in [3.05, 3.63) is 22.3 Å². The zero-order valence-corrected chi connectivity index (χ0v) is 21.9. The van der Waals surface area contributed by atoms with Crippen molar-refractivity contribution in [2.45, 2.75) is 96.5 Å². The van der Waals surface area contributed by atoms with E-state index in [1.165, 1.54) is 20.8 Å². The standard InChI is InChI=1S/C24H35N7O7/c1-5-6-7-8-9-11-19-15-31(30-28-19)12-10-13-35-24-21(27-16(2)32)23(37-18(4)34)22(36-17(3)33)20(38-24)14-26-29-25/h1,15,20-24H,6-14H2,2-4H3,(H,27,32)/t20-,21-,22-,23-,24+/m1/s1. The maximum atomic E-state index is 12.0. The van der Waals surface area contributed by atoms with Gasteiger partial charge in [-0.1, -0.05) is 16.7 Å². The van der Waals surface area contributed by atoms with Crippen molar-refractivity contribution in [3.63, 3.8) is 0 Å². The Labute approximate surface area is 221 Å². The fraction of sp³-hybridized carbons (Fsp3) is 0.708. The van der Waals surface area contributed by atoms with Gasteiger partial charge in [-0.25, -0.2) is 0 Å². The van der Waals surface area contributed by atoms with Crippen molar-refractivity contribution in [1.82, 2.24) is 20.3 Å². The van der Waals surface area contributed by atoms with E-state index in [9.17, 15) is 14.4 Å². The summed E-state index contributed by atoms with van der Waals surface area (Å²) in [6.45, 7) is 4.15. The summed E-state index contributed by atoms with van der Waals surface area (Å²) in [4.78, 5) is 38.3. The van der Waals surface area contributed by atoms with E-state index in [1.54, 1.807) is 4.68 Å². The number of nitrogens with zero attached hydrogens (tertiary/aromatic N) is 6. The number of nitrogens with one attached hydrogen (secondary N) is 1. The van der Waals surface area contributed by atoms with Gasteiger partial charge in [0.25, 0.3) is 0 Å². The summed E-state index contributed by atoms with van der Waals surface area (Å²) < 4.78 is 24.4. The van der Waals surface area contributed by atoms with E-state index in [1.807, 2.05) is 6.20 Å². The maximum absolute atomic E-state index is 12.0. The number of carbonyl (C=O) groups is 3. The van der Waals surface area contributed by atoms with Crippen LogP contribution in [0, 0.1) is 12.3 Å². The predicted octanol–water partition coefficient (Wildman–Crippen LogP) is 1.82. The van der Waals surface area contributed by atoms with Gasteiger partial charge in [0.1, 0.15) is 12.1 Å². The molecule has 208 valence electrons. The van der Waals surface area contributed by atoms with Crippen LogP contribution >= 0.6 is 0 Å². The number of hydrogen-bond acceptors (Lipinski definition) is 10. The predicted molar refractivity (Wildman–Crippen MR) is 133 cm³/mol. The van der Waals surface area contributed by atoms with Gasteiger partial charge in [0.15, 0.2) is 18.5 Å². The van der Waals surface area contributed by atoms with Gasteiger partial charge in [0, 0.05) is 44.8 Å². The Bertz CT molecular complexity index is 1020. The lowest BCUT2D eigenvalue weighted by atomic mass is 9.95. The number of aromatic nitrogens is 3. The molecule has 1 fully saturated rings. The van der Waals surface area contributed by atoms with Crippen LogP contribution in [0.3, 0.4) is 0 Å². The maximum Gasteiger partial charge on any atom is 0.303 e. The minimum atomic E-state index is -1.14. The van der Waals surface area contributed by atoms with Crippen molar-refractivity contribution in [1.29, 1.82) is 0 Å². The summed E-state index contributed by atoms with van der Waals surface area (Å²) in [6.07, 6.45) is 7.96. The van der Waals surface area contributed by atoms with Gasteiger partial charge in [-0.05, 0) is 31.2 Å². The number of ether oxygens (including phenoxy) is 4. The first-order valence-corrected chi connectivity index (χ1v) is 12.5. The highest BCUT2D eigenvalue weighted by molar-refractivity contribution is 5.73. The average molecular weight is 534 g/mol. The second kappa shape index (κ2) is 16.2. The Morgan fingerprint density at radius 1 is 1.18 bits per heavy atom. The number of carbonyl (C=O) groups excluding carboxylic acids is 3. The van der Waals surface area contributed by atoms with Gasteiger partial charge in [-0.3, -0.25) is 19.1 Å². The Morgan fingerprint density at radius 2 is 1.92 bits per heavy atom. The highest BCUT2D eigenvalue weighted by atomic mass is 16.7. The smallest absolute Gasteiger partial charge is 0.303 e. The summed E-state index contributed by atoms with van der Waals surface area (Å²) in [5, 5.41) is 14.5. The topological polar surface area (TPSA) is 180 Å². The third-order valence-corrected chi connectivity index (χ3v) is 5.60. The minimum Gasteiger partial charge on any atom is -0.456 e. The highest BCUT2D eigenvalue weighted by Crippen LogP contribution is 2.28. The normalized spacial score (nSPS) is 22.5.